The Morgan fingerprint density at radius 3 is 2.76 bits per heavy atom. The SMILES string of the molecule is CCNCC(CCSC)Cc1ccccc1Cl. The standard InChI is InChI=1S/C14H22ClNS/c1-3-16-11-12(8-9-17-2)10-13-6-4-5-7-14(13)15/h4-7,12,16H,3,8-11H2,1-2H3. The largest absolute Gasteiger partial charge is 0.317 e. The molecule has 0 amide bonds. The molecule has 0 aliphatic rings. The van der Waals surface area contributed by atoms with Crippen LogP contribution in [0.3, 0.4) is 0 Å². The lowest BCUT2D eigenvalue weighted by Crippen LogP contribution is -2.24. The number of thioether (sulfide) groups is 1. The Labute approximate surface area is 114 Å². The van der Waals surface area contributed by atoms with Crippen LogP contribution in [0, 0.1) is 5.92 Å². The molecule has 0 saturated heterocycles. The summed E-state index contributed by atoms with van der Waals surface area (Å²) in [6.07, 6.45) is 4.49. The van der Waals surface area contributed by atoms with Crippen molar-refractivity contribution in [2.45, 2.75) is 19.8 Å². The second kappa shape index (κ2) is 8.84. The average molecular weight is 272 g/mol. The van der Waals surface area contributed by atoms with Crippen LogP contribution in [-0.2, 0) is 6.42 Å². The second-order valence-electron chi connectivity index (χ2n) is 4.25. The summed E-state index contributed by atoms with van der Waals surface area (Å²) in [7, 11) is 0. The molecule has 1 unspecified atom stereocenters. The molecule has 1 rings (SSSR count). The molecule has 0 spiro atoms. The van der Waals surface area contributed by atoms with E-state index in [1.54, 1.807) is 0 Å². The molecular weight excluding hydrogens is 250 g/mol. The number of hydrogen-bond acceptors (Lipinski definition) is 2. The first kappa shape index (κ1) is 14.9. The van der Waals surface area contributed by atoms with E-state index in [2.05, 4.69) is 30.6 Å². The third-order valence-electron chi connectivity index (χ3n) is 2.88. The predicted octanol–water partition coefficient (Wildman–Crippen LogP) is 3.86. The molecule has 0 heterocycles. The summed E-state index contributed by atoms with van der Waals surface area (Å²) in [5.74, 6) is 1.91. The normalized spacial score (nSPS) is 12.6. The van der Waals surface area contributed by atoms with Crippen molar-refractivity contribution in [3.05, 3.63) is 34.9 Å². The Balaban J connectivity index is 2.55. The summed E-state index contributed by atoms with van der Waals surface area (Å²) in [5.41, 5.74) is 1.28. The van der Waals surface area contributed by atoms with E-state index in [0.717, 1.165) is 24.5 Å². The number of rotatable bonds is 8. The van der Waals surface area contributed by atoms with Crippen LogP contribution in [-0.4, -0.2) is 25.1 Å². The molecule has 0 aliphatic carbocycles. The molecule has 1 atom stereocenters. The lowest BCUT2D eigenvalue weighted by atomic mass is 9.97. The molecule has 1 N–H and O–H groups in total. The van der Waals surface area contributed by atoms with Crippen LogP contribution in [0.2, 0.25) is 5.02 Å². The Hall–Kier alpha value is -0.180. The fourth-order valence-corrected chi connectivity index (χ4v) is 2.67. The van der Waals surface area contributed by atoms with E-state index < -0.39 is 0 Å². The fraction of sp³-hybridized carbons (Fsp3) is 0.571. The molecule has 17 heavy (non-hydrogen) atoms. The smallest absolute Gasteiger partial charge is 0.0438 e. The zero-order valence-electron chi connectivity index (χ0n) is 10.7. The highest BCUT2D eigenvalue weighted by Gasteiger charge is 2.10. The summed E-state index contributed by atoms with van der Waals surface area (Å²) in [4.78, 5) is 0. The van der Waals surface area contributed by atoms with Crippen LogP contribution < -0.4 is 5.32 Å². The molecule has 0 aliphatic heterocycles. The van der Waals surface area contributed by atoms with Crippen molar-refractivity contribution in [1.29, 1.82) is 0 Å². The molecule has 0 radical (unpaired) electrons. The van der Waals surface area contributed by atoms with E-state index in [1.807, 2.05) is 23.9 Å². The maximum absolute atomic E-state index is 6.21. The van der Waals surface area contributed by atoms with Gasteiger partial charge in [0.2, 0.25) is 0 Å². The van der Waals surface area contributed by atoms with Gasteiger partial charge in [-0.3, -0.25) is 0 Å². The van der Waals surface area contributed by atoms with Crippen molar-refractivity contribution in [3.63, 3.8) is 0 Å². The van der Waals surface area contributed by atoms with Crippen LogP contribution in [0.25, 0.3) is 0 Å². The van der Waals surface area contributed by atoms with Crippen LogP contribution in [0.5, 0.6) is 0 Å². The molecule has 0 aromatic heterocycles. The van der Waals surface area contributed by atoms with E-state index in [-0.39, 0.29) is 0 Å². The first-order valence-electron chi connectivity index (χ1n) is 6.21. The van der Waals surface area contributed by atoms with Gasteiger partial charge in [-0.15, -0.1) is 0 Å². The zero-order chi connectivity index (χ0) is 12.5. The summed E-state index contributed by atoms with van der Waals surface area (Å²) < 4.78 is 0. The van der Waals surface area contributed by atoms with E-state index in [0.29, 0.717) is 5.92 Å². The van der Waals surface area contributed by atoms with Crippen molar-refractivity contribution in [3.8, 4) is 0 Å². The Kier molecular flexibility index (Phi) is 7.74. The zero-order valence-corrected chi connectivity index (χ0v) is 12.3. The van der Waals surface area contributed by atoms with Gasteiger partial charge in [0.05, 0.1) is 0 Å². The second-order valence-corrected chi connectivity index (χ2v) is 5.64. The number of halogens is 1. The van der Waals surface area contributed by atoms with Gasteiger partial charge in [0.25, 0.3) is 0 Å². The number of hydrogen-bond donors (Lipinski definition) is 1. The third kappa shape index (κ3) is 5.80. The van der Waals surface area contributed by atoms with Crippen LogP contribution in [0.15, 0.2) is 24.3 Å². The lowest BCUT2D eigenvalue weighted by Gasteiger charge is -2.17. The number of benzene rings is 1. The first-order valence-corrected chi connectivity index (χ1v) is 7.98. The molecule has 3 heteroatoms. The van der Waals surface area contributed by atoms with Crippen LogP contribution in [0.1, 0.15) is 18.9 Å². The van der Waals surface area contributed by atoms with Gasteiger partial charge in [0.15, 0.2) is 0 Å². The lowest BCUT2D eigenvalue weighted by molar-refractivity contribution is 0.470. The Morgan fingerprint density at radius 2 is 2.12 bits per heavy atom. The quantitative estimate of drug-likeness (QED) is 0.771. The van der Waals surface area contributed by atoms with Gasteiger partial charge in [0, 0.05) is 5.02 Å². The van der Waals surface area contributed by atoms with Crippen molar-refractivity contribution in [2.75, 3.05) is 25.1 Å². The van der Waals surface area contributed by atoms with Crippen molar-refractivity contribution < 1.29 is 0 Å². The van der Waals surface area contributed by atoms with Crippen LogP contribution >= 0.6 is 23.4 Å². The number of nitrogens with one attached hydrogen (secondary N) is 1. The highest BCUT2D eigenvalue weighted by atomic mass is 35.5. The minimum absolute atomic E-state index is 0.683. The summed E-state index contributed by atoms with van der Waals surface area (Å²) in [6.45, 7) is 4.28. The van der Waals surface area contributed by atoms with Crippen LogP contribution in [0.4, 0.5) is 0 Å². The molecule has 1 aromatic carbocycles. The van der Waals surface area contributed by atoms with Gasteiger partial charge in [0.1, 0.15) is 0 Å². The van der Waals surface area contributed by atoms with Gasteiger partial charge in [-0.2, -0.15) is 11.8 Å². The summed E-state index contributed by atoms with van der Waals surface area (Å²) in [6, 6.07) is 8.18. The van der Waals surface area contributed by atoms with E-state index in [1.165, 1.54) is 17.7 Å². The first-order chi connectivity index (χ1) is 8.27. The predicted molar refractivity (Wildman–Crippen MR) is 80.2 cm³/mol. The van der Waals surface area contributed by atoms with E-state index in [9.17, 15) is 0 Å². The Morgan fingerprint density at radius 1 is 1.35 bits per heavy atom. The van der Waals surface area contributed by atoms with E-state index in [4.69, 9.17) is 11.6 Å². The van der Waals surface area contributed by atoms with Gasteiger partial charge >= 0.3 is 0 Å². The summed E-state index contributed by atoms with van der Waals surface area (Å²) in [5, 5.41) is 4.35. The average Bonchev–Trinajstić information content (AvgIpc) is 2.35. The van der Waals surface area contributed by atoms with Crippen molar-refractivity contribution in [2.24, 2.45) is 5.92 Å². The molecular formula is C14H22ClNS. The van der Waals surface area contributed by atoms with Gasteiger partial charge in [-0.25, -0.2) is 0 Å². The van der Waals surface area contributed by atoms with Gasteiger partial charge < -0.3 is 5.32 Å². The molecule has 96 valence electrons. The molecule has 0 saturated carbocycles. The molecule has 0 bridgehead atoms. The monoisotopic (exact) mass is 271 g/mol. The molecule has 1 nitrogen and oxygen atoms in total. The Bertz CT molecular complexity index is 309. The maximum Gasteiger partial charge on any atom is 0.0438 e. The van der Waals surface area contributed by atoms with Gasteiger partial charge in [-0.1, -0.05) is 36.7 Å². The van der Waals surface area contributed by atoms with Gasteiger partial charge in [-0.05, 0) is 55.5 Å². The summed E-state index contributed by atoms with van der Waals surface area (Å²) >= 11 is 8.13. The highest BCUT2D eigenvalue weighted by molar-refractivity contribution is 7.98. The topological polar surface area (TPSA) is 12.0 Å². The maximum atomic E-state index is 6.21. The highest BCUT2D eigenvalue weighted by Crippen LogP contribution is 2.21. The van der Waals surface area contributed by atoms with Crippen molar-refractivity contribution in [1.82, 2.24) is 5.32 Å². The minimum atomic E-state index is 0.683. The van der Waals surface area contributed by atoms with E-state index >= 15 is 0 Å². The van der Waals surface area contributed by atoms with Crippen molar-refractivity contribution >= 4 is 23.4 Å². The molecule has 0 fully saturated rings. The third-order valence-corrected chi connectivity index (χ3v) is 3.89. The fourth-order valence-electron chi connectivity index (χ4n) is 1.88. The molecule has 1 aromatic rings. The minimum Gasteiger partial charge on any atom is -0.317 e.